The summed E-state index contributed by atoms with van der Waals surface area (Å²) in [5.41, 5.74) is 0.690. The van der Waals surface area contributed by atoms with Gasteiger partial charge < -0.3 is 9.73 Å². The molecule has 0 spiro atoms. The van der Waals surface area contributed by atoms with Gasteiger partial charge in [-0.1, -0.05) is 13.8 Å². The maximum atomic E-state index is 13.0. The summed E-state index contributed by atoms with van der Waals surface area (Å²) in [6.45, 7) is 4.45. The van der Waals surface area contributed by atoms with Gasteiger partial charge in [-0.05, 0) is 31.0 Å². The Morgan fingerprint density at radius 3 is 2.83 bits per heavy atom. The number of halogens is 3. The molecule has 0 aromatic carbocycles. The lowest BCUT2D eigenvalue weighted by Gasteiger charge is -2.24. The fraction of sp³-hybridized carbons (Fsp3) is 0.400. The molecule has 0 aliphatic carbocycles. The highest BCUT2D eigenvalue weighted by Crippen LogP contribution is 2.32. The van der Waals surface area contributed by atoms with Crippen LogP contribution in [0.4, 0.5) is 13.2 Å². The van der Waals surface area contributed by atoms with Crippen LogP contribution in [0.2, 0.25) is 0 Å². The summed E-state index contributed by atoms with van der Waals surface area (Å²) in [6.07, 6.45) is -0.619. The van der Waals surface area contributed by atoms with E-state index in [9.17, 15) is 18.0 Å². The second-order valence-corrected chi connectivity index (χ2v) is 7.50. The van der Waals surface area contributed by atoms with Gasteiger partial charge in [-0.2, -0.15) is 18.3 Å². The number of aromatic nitrogens is 4. The van der Waals surface area contributed by atoms with Crippen molar-refractivity contribution in [2.24, 2.45) is 0 Å². The number of alkyl halides is 3. The van der Waals surface area contributed by atoms with Crippen LogP contribution in [0.5, 0.6) is 0 Å². The van der Waals surface area contributed by atoms with E-state index in [0.717, 1.165) is 24.4 Å². The molecule has 30 heavy (non-hydrogen) atoms. The summed E-state index contributed by atoms with van der Waals surface area (Å²) >= 11 is 0. The SMILES string of the molecule is CC(C)c1nc(C(=O)N[C@H]2CCCn3nc(-c4ccnc(C(F)(F)F)c4)cc32)co1. The van der Waals surface area contributed by atoms with Crippen molar-refractivity contribution in [1.29, 1.82) is 0 Å². The first-order chi connectivity index (χ1) is 14.2. The zero-order valence-corrected chi connectivity index (χ0v) is 16.4. The number of oxazole rings is 1. The monoisotopic (exact) mass is 419 g/mol. The van der Waals surface area contributed by atoms with E-state index in [2.05, 4.69) is 20.4 Å². The van der Waals surface area contributed by atoms with Crippen molar-refractivity contribution in [3.8, 4) is 11.3 Å². The van der Waals surface area contributed by atoms with Crippen LogP contribution < -0.4 is 5.32 Å². The molecule has 7 nitrogen and oxygen atoms in total. The Balaban J connectivity index is 1.58. The van der Waals surface area contributed by atoms with Crippen molar-refractivity contribution in [2.45, 2.75) is 51.4 Å². The first-order valence-electron chi connectivity index (χ1n) is 9.60. The molecule has 1 N–H and O–H groups in total. The normalized spacial score (nSPS) is 16.5. The number of nitrogens with zero attached hydrogens (tertiary/aromatic N) is 4. The van der Waals surface area contributed by atoms with Crippen LogP contribution in [0.25, 0.3) is 11.3 Å². The molecular formula is C20H20F3N5O2. The summed E-state index contributed by atoms with van der Waals surface area (Å²) in [7, 11) is 0. The maximum Gasteiger partial charge on any atom is 0.433 e. The van der Waals surface area contributed by atoms with Gasteiger partial charge in [0.15, 0.2) is 11.6 Å². The van der Waals surface area contributed by atoms with Gasteiger partial charge in [0.2, 0.25) is 0 Å². The van der Waals surface area contributed by atoms with E-state index in [0.29, 0.717) is 30.1 Å². The molecule has 0 bridgehead atoms. The number of amides is 1. The number of carbonyl (C=O) groups excluding carboxylic acids is 1. The molecule has 3 aromatic rings. The molecule has 3 aromatic heterocycles. The minimum atomic E-state index is -4.53. The number of aryl methyl sites for hydroxylation is 1. The van der Waals surface area contributed by atoms with Crippen LogP contribution in [0.15, 0.2) is 35.1 Å². The molecule has 4 heterocycles. The van der Waals surface area contributed by atoms with Crippen LogP contribution in [-0.4, -0.2) is 25.7 Å². The fourth-order valence-corrected chi connectivity index (χ4v) is 3.41. The molecule has 4 rings (SSSR count). The largest absolute Gasteiger partial charge is 0.448 e. The van der Waals surface area contributed by atoms with E-state index in [1.807, 2.05) is 13.8 Å². The Hall–Kier alpha value is -3.17. The smallest absolute Gasteiger partial charge is 0.433 e. The van der Waals surface area contributed by atoms with Crippen molar-refractivity contribution in [1.82, 2.24) is 25.1 Å². The third-order valence-corrected chi connectivity index (χ3v) is 4.93. The Kier molecular flexibility index (Phi) is 5.08. The van der Waals surface area contributed by atoms with Crippen LogP contribution in [-0.2, 0) is 12.7 Å². The van der Waals surface area contributed by atoms with Crippen molar-refractivity contribution in [2.75, 3.05) is 0 Å². The molecule has 1 amide bonds. The third-order valence-electron chi connectivity index (χ3n) is 4.93. The van der Waals surface area contributed by atoms with Gasteiger partial charge in [-0.15, -0.1) is 0 Å². The highest BCUT2D eigenvalue weighted by Gasteiger charge is 2.33. The number of fused-ring (bicyclic) bond motifs is 1. The van der Waals surface area contributed by atoms with E-state index < -0.39 is 11.9 Å². The quantitative estimate of drug-likeness (QED) is 0.680. The standard InChI is InChI=1S/C20H20F3N5O2/c1-11(2)19-26-15(10-30-19)18(29)25-13-4-3-7-28-16(13)9-14(27-28)12-5-6-24-17(8-12)20(21,22)23/h5-6,8-11,13H,3-4,7H2,1-2H3,(H,25,29)/t13-/m0/s1. The number of carbonyl (C=O) groups is 1. The number of hydrogen-bond donors (Lipinski definition) is 1. The zero-order valence-electron chi connectivity index (χ0n) is 16.4. The molecule has 10 heteroatoms. The molecule has 1 aliphatic heterocycles. The van der Waals surface area contributed by atoms with Gasteiger partial charge in [0.25, 0.3) is 5.91 Å². The number of rotatable bonds is 4. The number of hydrogen-bond acceptors (Lipinski definition) is 5. The van der Waals surface area contributed by atoms with Gasteiger partial charge in [0.05, 0.1) is 17.4 Å². The highest BCUT2D eigenvalue weighted by atomic mass is 19.4. The summed E-state index contributed by atoms with van der Waals surface area (Å²) in [5, 5.41) is 7.37. The van der Waals surface area contributed by atoms with Crippen molar-refractivity contribution in [3.63, 3.8) is 0 Å². The van der Waals surface area contributed by atoms with E-state index in [1.165, 1.54) is 12.3 Å². The second-order valence-electron chi connectivity index (χ2n) is 7.50. The van der Waals surface area contributed by atoms with E-state index in [1.54, 1.807) is 10.7 Å². The molecule has 1 atom stereocenters. The van der Waals surface area contributed by atoms with E-state index in [-0.39, 0.29) is 23.6 Å². The fourth-order valence-electron chi connectivity index (χ4n) is 3.41. The molecule has 0 fully saturated rings. The second kappa shape index (κ2) is 7.58. The van der Waals surface area contributed by atoms with Crippen LogP contribution >= 0.6 is 0 Å². The summed E-state index contributed by atoms with van der Waals surface area (Å²) in [4.78, 5) is 20.2. The van der Waals surface area contributed by atoms with Crippen LogP contribution in [0.3, 0.4) is 0 Å². The van der Waals surface area contributed by atoms with Crippen LogP contribution in [0, 0.1) is 0 Å². The van der Waals surface area contributed by atoms with E-state index in [4.69, 9.17) is 4.42 Å². The highest BCUT2D eigenvalue weighted by molar-refractivity contribution is 5.92. The predicted octanol–water partition coefficient (Wildman–Crippen LogP) is 4.34. The minimum absolute atomic E-state index is 0.0622. The topological polar surface area (TPSA) is 85.8 Å². The summed E-state index contributed by atoms with van der Waals surface area (Å²) in [6, 6.07) is 3.85. The van der Waals surface area contributed by atoms with Gasteiger partial charge >= 0.3 is 6.18 Å². The molecular weight excluding hydrogens is 399 g/mol. The lowest BCUT2D eigenvalue weighted by Crippen LogP contribution is -2.32. The van der Waals surface area contributed by atoms with Crippen molar-refractivity contribution < 1.29 is 22.4 Å². The predicted molar refractivity (Wildman–Crippen MR) is 100 cm³/mol. The third kappa shape index (κ3) is 3.94. The Morgan fingerprint density at radius 2 is 2.13 bits per heavy atom. The number of pyridine rings is 1. The van der Waals surface area contributed by atoms with Gasteiger partial charge in [0.1, 0.15) is 12.0 Å². The van der Waals surface area contributed by atoms with Gasteiger partial charge in [-0.25, -0.2) is 4.98 Å². The molecule has 0 saturated heterocycles. The lowest BCUT2D eigenvalue weighted by atomic mass is 10.0. The molecule has 0 radical (unpaired) electrons. The Labute approximate surface area is 170 Å². The zero-order chi connectivity index (χ0) is 21.5. The Bertz CT molecular complexity index is 1070. The van der Waals surface area contributed by atoms with Gasteiger partial charge in [0, 0.05) is 24.2 Å². The minimum Gasteiger partial charge on any atom is -0.448 e. The van der Waals surface area contributed by atoms with Crippen molar-refractivity contribution in [3.05, 3.63) is 53.6 Å². The number of nitrogens with one attached hydrogen (secondary N) is 1. The summed E-state index contributed by atoms with van der Waals surface area (Å²) in [5.74, 6) is 0.177. The van der Waals surface area contributed by atoms with Crippen molar-refractivity contribution >= 4 is 5.91 Å². The maximum absolute atomic E-state index is 13.0. The first-order valence-corrected chi connectivity index (χ1v) is 9.60. The van der Waals surface area contributed by atoms with Gasteiger partial charge in [-0.3, -0.25) is 14.5 Å². The average Bonchev–Trinajstić information content (AvgIpc) is 3.35. The molecule has 158 valence electrons. The van der Waals surface area contributed by atoms with E-state index >= 15 is 0 Å². The average molecular weight is 419 g/mol. The Morgan fingerprint density at radius 1 is 1.33 bits per heavy atom. The molecule has 0 unspecified atom stereocenters. The lowest BCUT2D eigenvalue weighted by molar-refractivity contribution is -0.141. The molecule has 1 aliphatic rings. The van der Waals surface area contributed by atoms with Crippen LogP contribution in [0.1, 0.15) is 66.4 Å². The molecule has 0 saturated carbocycles. The first kappa shape index (κ1) is 20.1. The summed E-state index contributed by atoms with van der Waals surface area (Å²) < 4.78 is 46.0.